The summed E-state index contributed by atoms with van der Waals surface area (Å²) in [5.41, 5.74) is 0. The van der Waals surface area contributed by atoms with E-state index in [1.54, 1.807) is 0 Å². The van der Waals surface area contributed by atoms with E-state index in [2.05, 4.69) is 25.9 Å². The molecule has 88 valence electrons. The van der Waals surface area contributed by atoms with E-state index < -0.39 is 11.6 Å². The molecule has 0 amide bonds. The number of ether oxygens (including phenoxy) is 1. The van der Waals surface area contributed by atoms with E-state index >= 15 is 0 Å². The lowest BCUT2D eigenvalue weighted by Gasteiger charge is -2.07. The van der Waals surface area contributed by atoms with Crippen LogP contribution in [-0.2, 0) is 0 Å². The van der Waals surface area contributed by atoms with E-state index in [4.69, 9.17) is 16.3 Å². The van der Waals surface area contributed by atoms with Gasteiger partial charge in [-0.1, -0.05) is 27.5 Å². The van der Waals surface area contributed by atoms with E-state index in [1.165, 1.54) is 18.6 Å². The number of rotatable bonds is 2. The molecule has 0 N–H and O–H groups in total. The van der Waals surface area contributed by atoms with Crippen molar-refractivity contribution >= 4 is 27.5 Å². The second-order valence-corrected chi connectivity index (χ2v) is 4.30. The largest absolute Gasteiger partial charge is 0.434 e. The smallest absolute Gasteiger partial charge is 0.241 e. The van der Waals surface area contributed by atoms with Crippen molar-refractivity contribution in [2.24, 2.45) is 0 Å². The van der Waals surface area contributed by atoms with Crippen LogP contribution in [0.25, 0.3) is 0 Å². The third-order valence-corrected chi connectivity index (χ3v) is 2.52. The molecule has 0 saturated carbocycles. The Hall–Kier alpha value is -1.27. The van der Waals surface area contributed by atoms with Crippen molar-refractivity contribution in [2.75, 3.05) is 0 Å². The minimum absolute atomic E-state index is 0.0435. The Kier molecular flexibility index (Phi) is 3.54. The molecular weight excluding hydrogens is 317 g/mol. The monoisotopic (exact) mass is 320 g/mol. The zero-order valence-electron chi connectivity index (χ0n) is 8.12. The van der Waals surface area contributed by atoms with Crippen LogP contribution in [0.4, 0.5) is 8.78 Å². The molecule has 1 aromatic heterocycles. The molecule has 2 aromatic rings. The highest BCUT2D eigenvalue weighted by Gasteiger charge is 2.14. The first kappa shape index (κ1) is 12.2. The van der Waals surface area contributed by atoms with Crippen LogP contribution in [0.15, 0.2) is 29.1 Å². The number of benzene rings is 1. The molecule has 7 heteroatoms. The average molecular weight is 322 g/mol. The summed E-state index contributed by atoms with van der Waals surface area (Å²) in [4.78, 5) is 7.35. The molecule has 0 spiro atoms. The molecule has 1 heterocycles. The summed E-state index contributed by atoms with van der Waals surface area (Å²) >= 11 is 8.75. The summed E-state index contributed by atoms with van der Waals surface area (Å²) in [5.74, 6) is -2.49. The molecule has 0 radical (unpaired) electrons. The van der Waals surface area contributed by atoms with Crippen molar-refractivity contribution in [1.82, 2.24) is 9.97 Å². The summed E-state index contributed by atoms with van der Waals surface area (Å²) in [7, 11) is 0. The minimum Gasteiger partial charge on any atom is -0.434 e. The van der Waals surface area contributed by atoms with Crippen LogP contribution in [0.1, 0.15) is 0 Å². The Morgan fingerprint density at radius 3 is 2.76 bits per heavy atom. The number of nitrogens with zero attached hydrogens (tertiary/aromatic N) is 2. The maximum Gasteiger partial charge on any atom is 0.241 e. The fourth-order valence-electron chi connectivity index (χ4n) is 1.09. The van der Waals surface area contributed by atoms with Crippen molar-refractivity contribution in [3.8, 4) is 11.6 Å². The summed E-state index contributed by atoms with van der Waals surface area (Å²) in [5, 5.41) is 0.104. The summed E-state index contributed by atoms with van der Waals surface area (Å²) < 4.78 is 31.9. The van der Waals surface area contributed by atoms with Gasteiger partial charge in [0.25, 0.3) is 0 Å². The second-order valence-electron chi connectivity index (χ2n) is 2.98. The average Bonchev–Trinajstić information content (AvgIpc) is 2.28. The van der Waals surface area contributed by atoms with Gasteiger partial charge < -0.3 is 4.74 Å². The Labute approximate surface area is 109 Å². The van der Waals surface area contributed by atoms with Gasteiger partial charge in [0.05, 0.1) is 6.20 Å². The SMILES string of the molecule is Fc1cc(Br)cc(Oc2ncncc2Cl)c1F. The lowest BCUT2D eigenvalue weighted by Crippen LogP contribution is -1.95. The van der Waals surface area contributed by atoms with Crippen LogP contribution in [-0.4, -0.2) is 9.97 Å². The van der Waals surface area contributed by atoms with Crippen molar-refractivity contribution in [1.29, 1.82) is 0 Å². The molecule has 17 heavy (non-hydrogen) atoms. The van der Waals surface area contributed by atoms with Gasteiger partial charge in [0, 0.05) is 4.47 Å². The molecule has 0 fully saturated rings. The predicted octanol–water partition coefficient (Wildman–Crippen LogP) is 3.96. The highest BCUT2D eigenvalue weighted by atomic mass is 79.9. The van der Waals surface area contributed by atoms with Crippen molar-refractivity contribution in [3.63, 3.8) is 0 Å². The van der Waals surface area contributed by atoms with Gasteiger partial charge >= 0.3 is 0 Å². The van der Waals surface area contributed by atoms with Gasteiger partial charge in [0.1, 0.15) is 11.3 Å². The molecule has 1 aromatic carbocycles. The number of hydrogen-bond acceptors (Lipinski definition) is 3. The Bertz CT molecular complexity index is 568. The van der Waals surface area contributed by atoms with Gasteiger partial charge in [0.2, 0.25) is 11.7 Å². The summed E-state index contributed by atoms with van der Waals surface area (Å²) in [6, 6.07) is 2.26. The summed E-state index contributed by atoms with van der Waals surface area (Å²) in [6.45, 7) is 0. The van der Waals surface area contributed by atoms with E-state index in [1.807, 2.05) is 0 Å². The zero-order valence-corrected chi connectivity index (χ0v) is 10.5. The topological polar surface area (TPSA) is 35.0 Å². The summed E-state index contributed by atoms with van der Waals surface area (Å²) in [6.07, 6.45) is 2.48. The third kappa shape index (κ3) is 2.70. The first-order valence-corrected chi connectivity index (χ1v) is 5.53. The van der Waals surface area contributed by atoms with Gasteiger partial charge in [-0.2, -0.15) is 4.39 Å². The molecule has 0 bridgehead atoms. The highest BCUT2D eigenvalue weighted by Crippen LogP contribution is 2.31. The second kappa shape index (κ2) is 4.93. The van der Waals surface area contributed by atoms with E-state index in [0.29, 0.717) is 4.47 Å². The van der Waals surface area contributed by atoms with Crippen molar-refractivity contribution < 1.29 is 13.5 Å². The molecule has 3 nitrogen and oxygen atoms in total. The molecule has 2 rings (SSSR count). The van der Waals surface area contributed by atoms with Crippen molar-refractivity contribution in [3.05, 3.63) is 45.8 Å². The Balaban J connectivity index is 2.40. The lowest BCUT2D eigenvalue weighted by molar-refractivity contribution is 0.404. The first-order chi connectivity index (χ1) is 8.08. The van der Waals surface area contributed by atoms with Crippen LogP contribution < -0.4 is 4.74 Å². The maximum absolute atomic E-state index is 13.4. The molecule has 0 aliphatic carbocycles. The Morgan fingerprint density at radius 1 is 1.29 bits per heavy atom. The molecule has 0 aliphatic heterocycles. The fraction of sp³-hybridized carbons (Fsp3) is 0. The van der Waals surface area contributed by atoms with Crippen LogP contribution in [0.5, 0.6) is 11.6 Å². The van der Waals surface area contributed by atoms with E-state index in [-0.39, 0.29) is 16.7 Å². The predicted molar refractivity (Wildman–Crippen MR) is 61.2 cm³/mol. The molecule has 0 atom stereocenters. The van der Waals surface area contributed by atoms with E-state index in [9.17, 15) is 8.78 Å². The van der Waals surface area contributed by atoms with Gasteiger partial charge in [-0.05, 0) is 12.1 Å². The third-order valence-electron chi connectivity index (χ3n) is 1.80. The van der Waals surface area contributed by atoms with Gasteiger partial charge in [-0.15, -0.1) is 0 Å². The highest BCUT2D eigenvalue weighted by molar-refractivity contribution is 9.10. The quantitative estimate of drug-likeness (QED) is 0.785. The van der Waals surface area contributed by atoms with Crippen LogP contribution >= 0.6 is 27.5 Å². The van der Waals surface area contributed by atoms with Gasteiger partial charge in [0.15, 0.2) is 11.6 Å². The van der Waals surface area contributed by atoms with Crippen LogP contribution in [0, 0.1) is 11.6 Å². The number of aromatic nitrogens is 2. The number of hydrogen-bond donors (Lipinski definition) is 0. The van der Waals surface area contributed by atoms with E-state index in [0.717, 1.165) is 6.07 Å². The Morgan fingerprint density at radius 2 is 2.06 bits per heavy atom. The molecule has 0 saturated heterocycles. The van der Waals surface area contributed by atoms with Crippen LogP contribution in [0.3, 0.4) is 0 Å². The number of halogens is 4. The van der Waals surface area contributed by atoms with Crippen molar-refractivity contribution in [2.45, 2.75) is 0 Å². The fourth-order valence-corrected chi connectivity index (χ4v) is 1.64. The minimum atomic E-state index is -1.11. The first-order valence-electron chi connectivity index (χ1n) is 4.36. The zero-order chi connectivity index (χ0) is 12.4. The lowest BCUT2D eigenvalue weighted by atomic mass is 10.3. The molecule has 0 aliphatic rings. The van der Waals surface area contributed by atoms with Gasteiger partial charge in [-0.3, -0.25) is 0 Å². The molecular formula is C10H4BrClF2N2O. The van der Waals surface area contributed by atoms with Crippen LogP contribution in [0.2, 0.25) is 5.02 Å². The molecule has 0 unspecified atom stereocenters. The standard InChI is InChI=1S/C10H4BrClF2N2O/c11-5-1-7(13)9(14)8(2-5)17-10-6(12)3-15-4-16-10/h1-4H. The normalized spacial score (nSPS) is 10.4. The maximum atomic E-state index is 13.4. The van der Waals surface area contributed by atoms with Gasteiger partial charge in [-0.25, -0.2) is 14.4 Å².